The molecular formula is C26H21Cl2N5O2S. The second-order valence-electron chi connectivity index (χ2n) is 7.61. The van der Waals surface area contributed by atoms with Crippen molar-refractivity contribution < 1.29 is 9.59 Å². The molecule has 1 aromatic heterocycles. The second-order valence-corrected chi connectivity index (χ2v) is 9.34. The minimum absolute atomic E-state index is 0.121. The van der Waals surface area contributed by atoms with E-state index in [1.807, 2.05) is 49.5 Å². The number of carbonyl (C=O) groups is 2. The number of nitrogens with zero attached hydrogens (tertiary/aromatic N) is 3. The molecule has 0 spiro atoms. The number of halogens is 2. The van der Waals surface area contributed by atoms with Crippen LogP contribution in [-0.2, 0) is 16.6 Å². The number of amides is 2. The quantitative estimate of drug-likeness (QED) is 0.207. The van der Waals surface area contributed by atoms with E-state index in [-0.39, 0.29) is 17.6 Å². The van der Waals surface area contributed by atoms with Gasteiger partial charge in [-0.3, -0.25) is 9.59 Å². The van der Waals surface area contributed by atoms with Crippen molar-refractivity contribution in [3.8, 4) is 11.4 Å². The Labute approximate surface area is 222 Å². The average molecular weight is 538 g/mol. The highest BCUT2D eigenvalue weighted by molar-refractivity contribution is 7.99. The molecular weight excluding hydrogens is 517 g/mol. The van der Waals surface area contributed by atoms with Crippen molar-refractivity contribution in [1.82, 2.24) is 14.8 Å². The molecule has 0 aliphatic heterocycles. The lowest BCUT2D eigenvalue weighted by Crippen LogP contribution is -2.14. The Morgan fingerprint density at radius 1 is 0.944 bits per heavy atom. The second kappa shape index (κ2) is 11.9. The third kappa shape index (κ3) is 6.54. The number of hydrogen-bond acceptors (Lipinski definition) is 5. The molecule has 0 aliphatic rings. The van der Waals surface area contributed by atoms with Crippen LogP contribution in [0.4, 0.5) is 11.4 Å². The largest absolute Gasteiger partial charge is 0.324 e. The van der Waals surface area contributed by atoms with Crippen LogP contribution in [0, 0.1) is 0 Å². The maximum atomic E-state index is 12.4. The van der Waals surface area contributed by atoms with Gasteiger partial charge in [0.2, 0.25) is 11.8 Å². The minimum atomic E-state index is -0.241. The van der Waals surface area contributed by atoms with Crippen LogP contribution >= 0.6 is 35.0 Å². The van der Waals surface area contributed by atoms with Gasteiger partial charge in [-0.25, -0.2) is 0 Å². The normalized spacial score (nSPS) is 11.0. The highest BCUT2D eigenvalue weighted by Crippen LogP contribution is 2.30. The first-order valence-electron chi connectivity index (χ1n) is 10.8. The zero-order valence-corrected chi connectivity index (χ0v) is 21.4. The highest BCUT2D eigenvalue weighted by atomic mass is 35.5. The van der Waals surface area contributed by atoms with Crippen LogP contribution < -0.4 is 10.6 Å². The summed E-state index contributed by atoms with van der Waals surface area (Å²) in [6, 6.07) is 21.9. The molecule has 0 radical (unpaired) electrons. The fourth-order valence-electron chi connectivity index (χ4n) is 3.23. The van der Waals surface area contributed by atoms with Crippen molar-refractivity contribution in [2.24, 2.45) is 7.05 Å². The summed E-state index contributed by atoms with van der Waals surface area (Å²) in [6.45, 7) is 0. The molecule has 3 aromatic carbocycles. The Morgan fingerprint density at radius 3 is 2.44 bits per heavy atom. The van der Waals surface area contributed by atoms with Gasteiger partial charge in [-0.15, -0.1) is 10.2 Å². The summed E-state index contributed by atoms with van der Waals surface area (Å²) in [4.78, 5) is 24.6. The van der Waals surface area contributed by atoms with Crippen LogP contribution in [0.25, 0.3) is 17.5 Å². The first kappa shape index (κ1) is 25.5. The van der Waals surface area contributed by atoms with Gasteiger partial charge in [-0.1, -0.05) is 71.4 Å². The van der Waals surface area contributed by atoms with E-state index >= 15 is 0 Å². The monoisotopic (exact) mass is 537 g/mol. The lowest BCUT2D eigenvalue weighted by Gasteiger charge is -2.08. The molecule has 4 rings (SSSR count). The Bertz CT molecular complexity index is 1410. The van der Waals surface area contributed by atoms with Gasteiger partial charge < -0.3 is 15.2 Å². The average Bonchev–Trinajstić information content (AvgIpc) is 3.25. The first-order valence-corrected chi connectivity index (χ1v) is 12.6. The summed E-state index contributed by atoms with van der Waals surface area (Å²) in [7, 11) is 1.83. The number of thioether (sulfide) groups is 1. The van der Waals surface area contributed by atoms with Crippen LogP contribution in [0.2, 0.25) is 10.0 Å². The van der Waals surface area contributed by atoms with Crippen LogP contribution in [0.3, 0.4) is 0 Å². The Morgan fingerprint density at radius 2 is 1.69 bits per heavy atom. The van der Waals surface area contributed by atoms with Crippen LogP contribution in [0.15, 0.2) is 84.0 Å². The molecule has 0 fully saturated rings. The van der Waals surface area contributed by atoms with Crippen LogP contribution in [0.1, 0.15) is 5.56 Å². The molecule has 7 nitrogen and oxygen atoms in total. The van der Waals surface area contributed by atoms with Gasteiger partial charge in [-0.2, -0.15) is 0 Å². The smallest absolute Gasteiger partial charge is 0.248 e. The number of aromatic nitrogens is 3. The fourth-order valence-corrected chi connectivity index (χ4v) is 4.29. The molecule has 0 saturated heterocycles. The van der Waals surface area contributed by atoms with E-state index in [0.717, 1.165) is 11.1 Å². The van der Waals surface area contributed by atoms with Crippen molar-refractivity contribution in [3.63, 3.8) is 0 Å². The van der Waals surface area contributed by atoms with E-state index < -0.39 is 0 Å². The lowest BCUT2D eigenvalue weighted by molar-refractivity contribution is -0.114. The number of carbonyl (C=O) groups excluding carboxylic acids is 2. The first-order chi connectivity index (χ1) is 17.4. The fraction of sp³-hybridized carbons (Fsp3) is 0.0769. The molecule has 2 amide bonds. The van der Waals surface area contributed by atoms with Crippen molar-refractivity contribution >= 4 is 64.2 Å². The Hall–Kier alpha value is -3.59. The predicted octanol–water partition coefficient (Wildman–Crippen LogP) is 6.17. The van der Waals surface area contributed by atoms with Gasteiger partial charge in [0, 0.05) is 24.4 Å². The predicted molar refractivity (Wildman–Crippen MR) is 146 cm³/mol. The molecule has 0 saturated carbocycles. The van der Waals surface area contributed by atoms with Gasteiger partial charge in [0.15, 0.2) is 11.0 Å². The summed E-state index contributed by atoms with van der Waals surface area (Å²) in [5, 5.41) is 15.3. The van der Waals surface area contributed by atoms with Crippen LogP contribution in [-0.4, -0.2) is 32.3 Å². The van der Waals surface area contributed by atoms with Gasteiger partial charge >= 0.3 is 0 Å². The van der Waals surface area contributed by atoms with E-state index in [0.29, 0.717) is 32.4 Å². The molecule has 10 heteroatoms. The van der Waals surface area contributed by atoms with E-state index in [1.165, 1.54) is 17.8 Å². The van der Waals surface area contributed by atoms with E-state index in [9.17, 15) is 9.59 Å². The number of anilines is 2. The molecule has 36 heavy (non-hydrogen) atoms. The number of hydrogen-bond donors (Lipinski definition) is 2. The lowest BCUT2D eigenvalue weighted by atomic mass is 10.2. The molecule has 0 aliphatic carbocycles. The topological polar surface area (TPSA) is 88.9 Å². The third-order valence-corrected chi connectivity index (χ3v) is 6.87. The summed E-state index contributed by atoms with van der Waals surface area (Å²) in [6.07, 6.45) is 3.25. The summed E-state index contributed by atoms with van der Waals surface area (Å²) in [5.41, 5.74) is 2.89. The minimum Gasteiger partial charge on any atom is -0.324 e. The molecule has 0 unspecified atom stereocenters. The summed E-state index contributed by atoms with van der Waals surface area (Å²) in [5.74, 6) is 0.296. The third-order valence-electron chi connectivity index (χ3n) is 5.03. The van der Waals surface area contributed by atoms with Crippen molar-refractivity contribution in [3.05, 3.63) is 94.5 Å². The van der Waals surface area contributed by atoms with E-state index in [2.05, 4.69) is 20.8 Å². The Kier molecular flexibility index (Phi) is 8.43. The highest BCUT2D eigenvalue weighted by Gasteiger charge is 2.14. The molecule has 4 aromatic rings. The summed E-state index contributed by atoms with van der Waals surface area (Å²) >= 11 is 13.4. The van der Waals surface area contributed by atoms with Crippen molar-refractivity contribution in [2.45, 2.75) is 5.16 Å². The Balaban J connectivity index is 1.34. The number of nitrogens with one attached hydrogen (secondary N) is 2. The molecule has 1 heterocycles. The molecule has 0 atom stereocenters. The van der Waals surface area contributed by atoms with Gasteiger partial charge in [0.25, 0.3) is 0 Å². The molecule has 2 N–H and O–H groups in total. The SMILES string of the molecule is Cn1c(SCC(=O)Nc2cccc(Cl)c2Cl)nnc1-c1ccc(NC(=O)/C=C/c2ccccc2)cc1. The van der Waals surface area contributed by atoms with Gasteiger partial charge in [0.05, 0.1) is 21.5 Å². The van der Waals surface area contributed by atoms with Gasteiger partial charge in [-0.05, 0) is 48.0 Å². The standard InChI is InChI=1S/C26H21Cl2N5O2S/c1-33-25(31-32-26(33)36-16-23(35)30-21-9-5-8-20(27)24(21)28)18-11-13-19(14-12-18)29-22(34)15-10-17-6-3-2-4-7-17/h2-15H,16H2,1H3,(H,29,34)(H,30,35)/b15-10+. The molecule has 0 bridgehead atoms. The zero-order valence-electron chi connectivity index (χ0n) is 19.1. The molecule has 182 valence electrons. The zero-order chi connectivity index (χ0) is 25.5. The van der Waals surface area contributed by atoms with E-state index in [1.54, 1.807) is 41.0 Å². The number of rotatable bonds is 8. The van der Waals surface area contributed by atoms with E-state index in [4.69, 9.17) is 23.2 Å². The maximum Gasteiger partial charge on any atom is 0.248 e. The van der Waals surface area contributed by atoms with Crippen LogP contribution in [0.5, 0.6) is 0 Å². The maximum absolute atomic E-state index is 12.4. The van der Waals surface area contributed by atoms with Gasteiger partial charge in [0.1, 0.15) is 0 Å². The van der Waals surface area contributed by atoms with Crippen molar-refractivity contribution in [2.75, 3.05) is 16.4 Å². The van der Waals surface area contributed by atoms with Crippen molar-refractivity contribution in [1.29, 1.82) is 0 Å². The number of benzene rings is 3. The summed E-state index contributed by atoms with van der Waals surface area (Å²) < 4.78 is 1.81.